The summed E-state index contributed by atoms with van der Waals surface area (Å²) < 4.78 is 6.41. The number of thioether (sulfide) groups is 1. The molecule has 0 radical (unpaired) electrons. The summed E-state index contributed by atoms with van der Waals surface area (Å²) in [4.78, 5) is 1.16. The Balaban J connectivity index is 2.86. The molecule has 0 aliphatic carbocycles. The van der Waals surface area contributed by atoms with E-state index in [1.807, 2.05) is 24.3 Å². The molecule has 0 amide bonds. The first-order valence-electron chi connectivity index (χ1n) is 6.98. The van der Waals surface area contributed by atoms with Crippen molar-refractivity contribution in [2.75, 3.05) is 0 Å². The molecule has 4 heteroatoms. The highest BCUT2D eigenvalue weighted by atomic mass is 35.5. The zero-order valence-electron chi connectivity index (χ0n) is 13.3. The summed E-state index contributed by atoms with van der Waals surface area (Å²) in [6.07, 6.45) is 3.14. The third kappa shape index (κ3) is 5.19. The van der Waals surface area contributed by atoms with Gasteiger partial charge in [0.1, 0.15) is 5.09 Å². The standard InChI is InChI=1S/C16H25ClOSSi/c1-7-8-15(18-20(5,6)16(2,3)4)19-14-11-9-13(17)10-12-14/h8-12H,7H2,1-6H3/b15-8+. The van der Waals surface area contributed by atoms with E-state index in [1.165, 1.54) is 0 Å². The summed E-state index contributed by atoms with van der Waals surface area (Å²) in [7, 11) is -1.79. The van der Waals surface area contributed by atoms with Crippen LogP contribution in [0, 0.1) is 0 Å². The first kappa shape index (κ1) is 17.7. The van der Waals surface area contributed by atoms with Crippen molar-refractivity contribution in [1.29, 1.82) is 0 Å². The molecule has 0 bridgehead atoms. The maximum atomic E-state index is 6.41. The highest BCUT2D eigenvalue weighted by molar-refractivity contribution is 8.03. The average molecular weight is 329 g/mol. The van der Waals surface area contributed by atoms with Crippen LogP contribution < -0.4 is 0 Å². The number of hydrogen-bond donors (Lipinski definition) is 0. The van der Waals surface area contributed by atoms with Crippen molar-refractivity contribution >= 4 is 31.7 Å². The van der Waals surface area contributed by atoms with Gasteiger partial charge in [-0.25, -0.2) is 0 Å². The lowest BCUT2D eigenvalue weighted by molar-refractivity contribution is 0.416. The minimum Gasteiger partial charge on any atom is -0.539 e. The van der Waals surface area contributed by atoms with Gasteiger partial charge in [-0.2, -0.15) is 0 Å². The highest BCUT2D eigenvalue weighted by Gasteiger charge is 2.39. The van der Waals surface area contributed by atoms with Gasteiger partial charge in [0.25, 0.3) is 8.32 Å². The first-order chi connectivity index (χ1) is 9.15. The van der Waals surface area contributed by atoms with Crippen molar-refractivity contribution in [1.82, 2.24) is 0 Å². The van der Waals surface area contributed by atoms with E-state index >= 15 is 0 Å². The summed E-state index contributed by atoms with van der Waals surface area (Å²) >= 11 is 7.61. The van der Waals surface area contributed by atoms with Crippen LogP contribution in [0.2, 0.25) is 23.2 Å². The van der Waals surface area contributed by atoms with Crippen LogP contribution in [-0.2, 0) is 4.43 Å². The van der Waals surface area contributed by atoms with Crippen LogP contribution in [-0.4, -0.2) is 8.32 Å². The second-order valence-corrected chi connectivity index (χ2v) is 12.6. The molecular weight excluding hydrogens is 304 g/mol. The van der Waals surface area contributed by atoms with Gasteiger partial charge in [-0.1, -0.05) is 51.1 Å². The normalized spacial score (nSPS) is 13.4. The zero-order valence-corrected chi connectivity index (χ0v) is 15.9. The number of allylic oxidation sites excluding steroid dienone is 1. The molecule has 1 aromatic carbocycles. The lowest BCUT2D eigenvalue weighted by Crippen LogP contribution is -2.40. The van der Waals surface area contributed by atoms with Crippen molar-refractivity contribution in [2.24, 2.45) is 0 Å². The van der Waals surface area contributed by atoms with Gasteiger partial charge in [-0.05, 0) is 54.9 Å². The fourth-order valence-electron chi connectivity index (χ4n) is 1.29. The molecule has 0 heterocycles. The van der Waals surface area contributed by atoms with E-state index in [2.05, 4.69) is 46.9 Å². The van der Waals surface area contributed by atoms with Gasteiger partial charge in [-0.3, -0.25) is 0 Å². The van der Waals surface area contributed by atoms with E-state index in [1.54, 1.807) is 11.8 Å². The van der Waals surface area contributed by atoms with Crippen LogP contribution in [0.3, 0.4) is 0 Å². The Morgan fingerprint density at radius 2 is 1.80 bits per heavy atom. The molecule has 0 aromatic heterocycles. The molecule has 1 nitrogen and oxygen atoms in total. The molecule has 1 rings (SSSR count). The minimum absolute atomic E-state index is 0.209. The minimum atomic E-state index is -1.79. The van der Waals surface area contributed by atoms with Crippen LogP contribution in [0.5, 0.6) is 0 Å². The van der Waals surface area contributed by atoms with Gasteiger partial charge in [0.2, 0.25) is 0 Å². The quantitative estimate of drug-likeness (QED) is 0.337. The lowest BCUT2D eigenvalue weighted by atomic mass is 10.2. The van der Waals surface area contributed by atoms with Gasteiger partial charge in [-0.15, -0.1) is 0 Å². The summed E-state index contributed by atoms with van der Waals surface area (Å²) in [5.41, 5.74) is 0. The Bertz CT molecular complexity index is 460. The monoisotopic (exact) mass is 328 g/mol. The predicted molar refractivity (Wildman–Crippen MR) is 94.0 cm³/mol. The molecule has 0 atom stereocenters. The number of rotatable bonds is 5. The third-order valence-corrected chi connectivity index (χ3v) is 9.27. The van der Waals surface area contributed by atoms with Gasteiger partial charge in [0.15, 0.2) is 0 Å². The number of hydrogen-bond acceptors (Lipinski definition) is 2. The van der Waals surface area contributed by atoms with E-state index in [0.717, 1.165) is 21.4 Å². The molecule has 1 aromatic rings. The Morgan fingerprint density at radius 1 is 1.25 bits per heavy atom. The van der Waals surface area contributed by atoms with Crippen LogP contribution in [0.25, 0.3) is 0 Å². The molecule has 0 saturated carbocycles. The zero-order chi connectivity index (χ0) is 15.4. The van der Waals surface area contributed by atoms with Crippen molar-refractivity contribution in [3.63, 3.8) is 0 Å². The largest absolute Gasteiger partial charge is 0.539 e. The molecular formula is C16H25ClOSSi. The third-order valence-electron chi connectivity index (χ3n) is 3.56. The van der Waals surface area contributed by atoms with E-state index in [-0.39, 0.29) is 5.04 Å². The average Bonchev–Trinajstić information content (AvgIpc) is 2.30. The second-order valence-electron chi connectivity index (χ2n) is 6.35. The maximum absolute atomic E-state index is 6.41. The van der Waals surface area contributed by atoms with E-state index in [0.29, 0.717) is 0 Å². The molecule has 0 fully saturated rings. The van der Waals surface area contributed by atoms with Crippen LogP contribution in [0.15, 0.2) is 40.3 Å². The highest BCUT2D eigenvalue weighted by Crippen LogP contribution is 2.41. The topological polar surface area (TPSA) is 9.23 Å². The maximum Gasteiger partial charge on any atom is 0.251 e. The summed E-state index contributed by atoms with van der Waals surface area (Å²) in [6, 6.07) is 7.90. The Morgan fingerprint density at radius 3 is 2.25 bits per heavy atom. The van der Waals surface area contributed by atoms with Crippen molar-refractivity contribution in [3.05, 3.63) is 40.5 Å². The van der Waals surface area contributed by atoms with Crippen LogP contribution in [0.4, 0.5) is 0 Å². The molecule has 112 valence electrons. The predicted octanol–water partition coefficient (Wildman–Crippen LogP) is 6.71. The fourth-order valence-corrected chi connectivity index (χ4v) is 3.86. The Kier molecular flexibility index (Phi) is 6.23. The molecule has 0 spiro atoms. The molecule has 0 aliphatic heterocycles. The summed E-state index contributed by atoms with van der Waals surface area (Å²) in [6.45, 7) is 13.5. The van der Waals surface area contributed by atoms with Crippen LogP contribution in [0.1, 0.15) is 34.1 Å². The van der Waals surface area contributed by atoms with Gasteiger partial charge < -0.3 is 4.43 Å². The Labute approximate surface area is 133 Å². The van der Waals surface area contributed by atoms with Gasteiger partial charge in [0, 0.05) is 9.92 Å². The van der Waals surface area contributed by atoms with E-state index in [4.69, 9.17) is 16.0 Å². The van der Waals surface area contributed by atoms with E-state index < -0.39 is 8.32 Å². The fraction of sp³-hybridized carbons (Fsp3) is 0.500. The van der Waals surface area contributed by atoms with Gasteiger partial charge >= 0.3 is 0 Å². The molecule has 0 N–H and O–H groups in total. The smallest absolute Gasteiger partial charge is 0.251 e. The van der Waals surface area contributed by atoms with E-state index in [9.17, 15) is 0 Å². The summed E-state index contributed by atoms with van der Waals surface area (Å²) in [5.74, 6) is 0. The van der Waals surface area contributed by atoms with Crippen molar-refractivity contribution in [3.8, 4) is 0 Å². The first-order valence-corrected chi connectivity index (χ1v) is 11.1. The van der Waals surface area contributed by atoms with Crippen molar-refractivity contribution < 1.29 is 4.43 Å². The SMILES string of the molecule is CC/C=C(\O[Si](C)(C)C(C)(C)C)Sc1ccc(Cl)cc1. The molecule has 20 heavy (non-hydrogen) atoms. The molecule has 0 saturated heterocycles. The Hall–Kier alpha value is -0.383. The number of benzene rings is 1. The van der Waals surface area contributed by atoms with Crippen LogP contribution >= 0.6 is 23.4 Å². The van der Waals surface area contributed by atoms with Gasteiger partial charge in [0.05, 0.1) is 0 Å². The molecule has 0 unspecified atom stereocenters. The lowest BCUT2D eigenvalue weighted by Gasteiger charge is -2.37. The number of halogens is 1. The van der Waals surface area contributed by atoms with Crippen molar-refractivity contribution in [2.45, 2.75) is 57.1 Å². The molecule has 0 aliphatic rings. The second kappa shape index (κ2) is 7.06. The summed E-state index contributed by atoms with van der Waals surface area (Å²) in [5, 5.41) is 1.99.